The van der Waals surface area contributed by atoms with Gasteiger partial charge < -0.3 is 14.5 Å². The fraction of sp³-hybridized carbons (Fsp3) is 0.308. The maximum atomic E-state index is 13.1. The highest BCUT2D eigenvalue weighted by molar-refractivity contribution is 6.11. The molecule has 6 nitrogen and oxygen atoms in total. The molecule has 1 aliphatic heterocycles. The number of halogens is 3. The lowest BCUT2D eigenvalue weighted by molar-refractivity contribution is -0.0884. The molecule has 3 aromatic heterocycles. The highest BCUT2D eigenvalue weighted by Gasteiger charge is 2.40. The number of hydrogen-bond acceptors (Lipinski definition) is 4. The van der Waals surface area contributed by atoms with E-state index in [1.54, 1.807) is 31.3 Å². The molecule has 0 amide bonds. The van der Waals surface area contributed by atoms with Gasteiger partial charge in [0.1, 0.15) is 11.6 Å². The van der Waals surface area contributed by atoms with E-state index in [-0.39, 0.29) is 10.9 Å². The molecule has 1 fully saturated rings. The van der Waals surface area contributed by atoms with Crippen LogP contribution in [0.25, 0.3) is 16.7 Å². The Balaban J connectivity index is 1.41. The molecule has 0 spiro atoms. The fourth-order valence-electron chi connectivity index (χ4n) is 4.67. The number of aryl methyl sites for hydroxylation is 2. The summed E-state index contributed by atoms with van der Waals surface area (Å²) in [5.74, 6) is -0.568. The molecule has 5 rings (SSSR count). The molecule has 35 heavy (non-hydrogen) atoms. The number of likely N-dealkylation sites (tertiary alicyclic amines) is 1. The van der Waals surface area contributed by atoms with Crippen molar-refractivity contribution in [3.63, 3.8) is 0 Å². The Morgan fingerprint density at radius 1 is 1.09 bits per heavy atom. The summed E-state index contributed by atoms with van der Waals surface area (Å²) < 4.78 is 42.7. The number of aromatic nitrogens is 3. The van der Waals surface area contributed by atoms with Crippen LogP contribution in [0.3, 0.4) is 0 Å². The van der Waals surface area contributed by atoms with Crippen molar-refractivity contribution in [1.82, 2.24) is 19.0 Å². The van der Waals surface area contributed by atoms with Gasteiger partial charge in [0.05, 0.1) is 5.56 Å². The Labute approximate surface area is 201 Å². The van der Waals surface area contributed by atoms with Crippen molar-refractivity contribution in [2.45, 2.75) is 32.5 Å². The Morgan fingerprint density at radius 3 is 2.60 bits per heavy atom. The van der Waals surface area contributed by atoms with Crippen molar-refractivity contribution < 1.29 is 18.0 Å². The van der Waals surface area contributed by atoms with Gasteiger partial charge in [0.2, 0.25) is 0 Å². The summed E-state index contributed by atoms with van der Waals surface area (Å²) in [5.41, 5.74) is 3.19. The van der Waals surface area contributed by atoms with E-state index in [0.717, 1.165) is 25.5 Å². The molecule has 1 aromatic carbocycles. The van der Waals surface area contributed by atoms with E-state index in [1.807, 2.05) is 16.7 Å². The number of fused-ring (bicyclic) bond motifs is 1. The largest absolute Gasteiger partial charge is 0.454 e. The number of rotatable bonds is 6. The van der Waals surface area contributed by atoms with Gasteiger partial charge in [0, 0.05) is 48.8 Å². The normalized spacial score (nSPS) is 14.7. The van der Waals surface area contributed by atoms with Gasteiger partial charge >= 0.3 is 6.18 Å². The monoisotopic (exact) mass is 481 g/mol. The number of alkyl halides is 3. The summed E-state index contributed by atoms with van der Waals surface area (Å²) in [4.78, 5) is 19.1. The molecule has 0 bridgehead atoms. The van der Waals surface area contributed by atoms with Gasteiger partial charge in [-0.25, -0.2) is 4.98 Å². The van der Waals surface area contributed by atoms with Gasteiger partial charge in [-0.1, -0.05) is 6.07 Å². The number of anilines is 2. The summed E-state index contributed by atoms with van der Waals surface area (Å²) in [6.07, 6.45) is 2.94. The summed E-state index contributed by atoms with van der Waals surface area (Å²) in [7, 11) is 1.62. The van der Waals surface area contributed by atoms with E-state index in [4.69, 9.17) is 4.98 Å². The minimum absolute atomic E-state index is 0.239. The first-order valence-electron chi connectivity index (χ1n) is 11.5. The van der Waals surface area contributed by atoms with Crippen LogP contribution in [0.5, 0.6) is 0 Å². The molecule has 182 valence electrons. The number of Topliss-reactive ketones (excluding diaryl/α,β-unsaturated/α-hetero) is 1. The number of hydrogen-bond donors (Lipinski definition) is 1. The van der Waals surface area contributed by atoms with E-state index >= 15 is 0 Å². The van der Waals surface area contributed by atoms with Gasteiger partial charge in [-0.2, -0.15) is 13.2 Å². The average molecular weight is 482 g/mol. The first kappa shape index (κ1) is 23.2. The lowest BCUT2D eigenvalue weighted by Gasteiger charge is -2.13. The third kappa shape index (κ3) is 4.68. The first-order chi connectivity index (χ1) is 16.7. The highest BCUT2D eigenvalue weighted by Crippen LogP contribution is 2.31. The summed E-state index contributed by atoms with van der Waals surface area (Å²) in [5, 5.41) is 3.41. The van der Waals surface area contributed by atoms with Gasteiger partial charge in [0.15, 0.2) is 0 Å². The number of benzene rings is 1. The standard InChI is InChI=1S/C26H26F3N5O/c1-17-13-34(15-18(17)14-33-10-3-4-11-33)24-7-5-6-23(31-24)30-19-8-9-22-20(12-19)21(16-32(22)2)25(35)26(27,28)29/h5-9,12-13,15-16H,3-4,10-11,14H2,1-2H3,(H,30,31). The van der Waals surface area contributed by atoms with E-state index in [2.05, 4.69) is 29.5 Å². The molecule has 9 heteroatoms. The van der Waals surface area contributed by atoms with Crippen LogP contribution >= 0.6 is 0 Å². The molecule has 0 atom stereocenters. The quantitative estimate of drug-likeness (QED) is 0.356. The van der Waals surface area contributed by atoms with Crippen molar-refractivity contribution in [2.75, 3.05) is 18.4 Å². The van der Waals surface area contributed by atoms with Crippen LogP contribution in [0.4, 0.5) is 24.7 Å². The van der Waals surface area contributed by atoms with E-state index < -0.39 is 12.0 Å². The summed E-state index contributed by atoms with van der Waals surface area (Å²) in [6, 6.07) is 10.6. The molecule has 0 radical (unpaired) electrons. The van der Waals surface area contributed by atoms with Crippen LogP contribution in [-0.4, -0.2) is 44.1 Å². The van der Waals surface area contributed by atoms with Gasteiger partial charge in [-0.05, 0) is 74.3 Å². The third-order valence-electron chi connectivity index (χ3n) is 6.49. The lowest BCUT2D eigenvalue weighted by Crippen LogP contribution is -2.22. The predicted molar refractivity (Wildman–Crippen MR) is 129 cm³/mol. The molecule has 0 unspecified atom stereocenters. The topological polar surface area (TPSA) is 55.1 Å². The van der Waals surface area contributed by atoms with E-state index in [0.29, 0.717) is 17.0 Å². The van der Waals surface area contributed by atoms with Crippen molar-refractivity contribution in [1.29, 1.82) is 0 Å². The number of carbonyl (C=O) groups excluding carboxylic acids is 1. The Bertz CT molecular complexity index is 1400. The number of ketones is 1. The molecule has 0 aliphatic carbocycles. The van der Waals surface area contributed by atoms with Crippen LogP contribution in [-0.2, 0) is 13.6 Å². The Hall–Kier alpha value is -3.59. The number of pyridine rings is 1. The zero-order chi connectivity index (χ0) is 24.7. The molecule has 0 saturated carbocycles. The second-order valence-corrected chi connectivity index (χ2v) is 9.08. The zero-order valence-corrected chi connectivity index (χ0v) is 19.6. The molecular formula is C26H26F3N5O. The number of nitrogens with zero attached hydrogens (tertiary/aromatic N) is 4. The maximum absolute atomic E-state index is 13.1. The summed E-state index contributed by atoms with van der Waals surface area (Å²) in [6.45, 7) is 5.28. The van der Waals surface area contributed by atoms with E-state index in [9.17, 15) is 18.0 Å². The van der Waals surface area contributed by atoms with Gasteiger partial charge in [-0.3, -0.25) is 9.69 Å². The third-order valence-corrected chi connectivity index (χ3v) is 6.49. The Morgan fingerprint density at radius 2 is 1.86 bits per heavy atom. The lowest BCUT2D eigenvalue weighted by atomic mass is 10.1. The first-order valence-corrected chi connectivity index (χ1v) is 11.5. The maximum Gasteiger partial charge on any atom is 0.454 e. The van der Waals surface area contributed by atoms with Crippen LogP contribution in [0, 0.1) is 6.92 Å². The van der Waals surface area contributed by atoms with Crippen LogP contribution in [0.1, 0.15) is 34.3 Å². The highest BCUT2D eigenvalue weighted by atomic mass is 19.4. The van der Waals surface area contributed by atoms with Gasteiger partial charge in [-0.15, -0.1) is 0 Å². The van der Waals surface area contributed by atoms with Crippen LogP contribution in [0.15, 0.2) is 55.0 Å². The minimum atomic E-state index is -4.93. The Kier molecular flexibility index (Phi) is 5.88. The molecule has 4 aromatic rings. The number of nitrogens with one attached hydrogen (secondary N) is 1. The second-order valence-electron chi connectivity index (χ2n) is 9.08. The fourth-order valence-corrected chi connectivity index (χ4v) is 4.67. The molecule has 1 saturated heterocycles. The van der Waals surface area contributed by atoms with Gasteiger partial charge in [0.25, 0.3) is 5.78 Å². The second kappa shape index (κ2) is 8.88. The van der Waals surface area contributed by atoms with Crippen molar-refractivity contribution in [2.24, 2.45) is 7.05 Å². The van der Waals surface area contributed by atoms with Crippen molar-refractivity contribution in [3.8, 4) is 5.82 Å². The number of carbonyl (C=O) groups is 1. The smallest absolute Gasteiger partial charge is 0.350 e. The molecule has 1 N–H and O–H groups in total. The average Bonchev–Trinajstić information content (AvgIpc) is 3.53. The summed E-state index contributed by atoms with van der Waals surface area (Å²) >= 11 is 0. The minimum Gasteiger partial charge on any atom is -0.350 e. The van der Waals surface area contributed by atoms with Crippen molar-refractivity contribution >= 4 is 28.2 Å². The SMILES string of the molecule is Cc1cn(-c2cccc(Nc3ccc4c(c3)c(C(=O)C(F)(F)F)cn4C)n2)cc1CN1CCCC1. The molecule has 4 heterocycles. The van der Waals surface area contributed by atoms with Crippen molar-refractivity contribution in [3.05, 3.63) is 71.7 Å². The molecular weight excluding hydrogens is 455 g/mol. The van der Waals surface area contributed by atoms with Crippen LogP contribution in [0.2, 0.25) is 0 Å². The van der Waals surface area contributed by atoms with E-state index in [1.165, 1.54) is 34.7 Å². The zero-order valence-electron chi connectivity index (χ0n) is 19.6. The predicted octanol–water partition coefficient (Wildman–Crippen LogP) is 5.76. The molecule has 1 aliphatic rings. The van der Waals surface area contributed by atoms with Crippen LogP contribution < -0.4 is 5.32 Å².